The van der Waals surface area contributed by atoms with Crippen LogP contribution < -0.4 is 15.5 Å². The number of amides is 4. The summed E-state index contributed by atoms with van der Waals surface area (Å²) in [6.07, 6.45) is 3.33. The number of benzene rings is 1. The molecule has 4 fully saturated rings. The minimum atomic E-state index is -4.76. The first kappa shape index (κ1) is 41.2. The smallest absolute Gasteiger partial charge is 0.378 e. The van der Waals surface area contributed by atoms with E-state index >= 15 is 0 Å². The largest absolute Gasteiger partial charge is 0.417 e. The topological polar surface area (TPSA) is 148 Å². The van der Waals surface area contributed by atoms with Gasteiger partial charge in [0.25, 0.3) is 5.91 Å². The third kappa shape index (κ3) is 8.74. The summed E-state index contributed by atoms with van der Waals surface area (Å²) in [6.45, 7) is 8.47. The van der Waals surface area contributed by atoms with Crippen LogP contribution in [0.4, 0.5) is 24.7 Å². The summed E-state index contributed by atoms with van der Waals surface area (Å²) in [4.78, 5) is 60.1. The molecule has 4 aliphatic rings. The molecule has 4 amide bonds. The van der Waals surface area contributed by atoms with Crippen molar-refractivity contribution in [3.8, 4) is 6.07 Å². The van der Waals surface area contributed by atoms with Gasteiger partial charge in [-0.2, -0.15) is 18.4 Å². The van der Waals surface area contributed by atoms with Gasteiger partial charge in [0.2, 0.25) is 17.7 Å². The highest BCUT2D eigenvalue weighted by Crippen LogP contribution is 2.41. The number of pyridine rings is 1. The first-order valence-corrected chi connectivity index (χ1v) is 19.6. The second-order valence-electron chi connectivity index (χ2n) is 16.0. The lowest BCUT2D eigenvalue weighted by Crippen LogP contribution is -2.51. The minimum absolute atomic E-state index is 0.00270. The Morgan fingerprint density at radius 2 is 1.77 bits per heavy atom. The molecule has 16 heteroatoms. The molecule has 56 heavy (non-hydrogen) atoms. The molecule has 3 saturated heterocycles. The zero-order chi connectivity index (χ0) is 40.5. The highest BCUT2D eigenvalue weighted by Gasteiger charge is 2.52. The minimum Gasteiger partial charge on any atom is -0.378 e. The fourth-order valence-electron chi connectivity index (χ4n) is 8.85. The number of nitriles is 1. The van der Waals surface area contributed by atoms with Gasteiger partial charge in [0, 0.05) is 37.4 Å². The molecule has 3 aliphatic heterocycles. The molecule has 1 saturated carbocycles. The Labute approximate surface area is 330 Å². The number of nitrogens with zero attached hydrogens (tertiary/aromatic N) is 5. The summed E-state index contributed by atoms with van der Waals surface area (Å²) in [7, 11) is 0. The second kappa shape index (κ2) is 16.6. The Balaban J connectivity index is 0.954. The number of carbonyl (C=O) groups is 4. The summed E-state index contributed by atoms with van der Waals surface area (Å²) >= 11 is 5.75. The molecule has 4 atom stereocenters. The first-order valence-electron chi connectivity index (χ1n) is 19.2. The zero-order valence-corrected chi connectivity index (χ0v) is 32.8. The molecular formula is C40H48F3N7O5S. The third-order valence-corrected chi connectivity index (χ3v) is 12.2. The van der Waals surface area contributed by atoms with Crippen molar-refractivity contribution in [3.05, 3.63) is 53.2 Å². The fraction of sp³-hybridized carbons (Fsp3) is 0.575. The highest BCUT2D eigenvalue weighted by atomic mass is 32.1. The van der Waals surface area contributed by atoms with E-state index < -0.39 is 34.7 Å². The van der Waals surface area contributed by atoms with E-state index in [9.17, 15) is 37.6 Å². The Morgan fingerprint density at radius 1 is 1.07 bits per heavy atom. The molecule has 0 radical (unpaired) electrons. The van der Waals surface area contributed by atoms with Gasteiger partial charge in [-0.1, -0.05) is 0 Å². The SMILES string of the molecule is C[C@@H]1CC(OCCC2CCC(N3C(=S)N(c4ccc(C#N)c(C(F)(F)F)c4)C(=O)C3(C)C)CC2)C[C@H](C)N1CC(=O)Nc1cc(C2CCC(=O)NC2=O)ccn1. The van der Waals surface area contributed by atoms with Crippen molar-refractivity contribution >= 4 is 52.5 Å². The molecule has 1 aliphatic carbocycles. The maximum atomic E-state index is 13.7. The van der Waals surface area contributed by atoms with Crippen LogP contribution in [0.3, 0.4) is 0 Å². The molecule has 0 spiro atoms. The monoisotopic (exact) mass is 795 g/mol. The van der Waals surface area contributed by atoms with Gasteiger partial charge < -0.3 is 15.0 Å². The van der Waals surface area contributed by atoms with Crippen LogP contribution in [0.5, 0.6) is 0 Å². The molecule has 2 unspecified atom stereocenters. The number of hydrogen-bond donors (Lipinski definition) is 2. The average molecular weight is 796 g/mol. The number of aromatic nitrogens is 1. The standard InChI is InChI=1S/C40H48F3N7O5S/c1-23-17-30(18-24(2)48(23)22-35(52)46-33-19-26(13-15-45-33)31-11-12-34(51)47-36(31)53)55-16-14-25-5-8-28(9-6-25)50-38(56)49(37(54)39(50,3)4)29-10-7-27(21-44)32(20-29)40(41,42)43/h7,10,13,15,19-20,23-25,28,30-31H,5-6,8-9,11-12,14,16-18,22H2,1-4H3,(H,45,46,52)(H,47,51,53)/t23-,24+,25?,28?,30?,31?. The zero-order valence-electron chi connectivity index (χ0n) is 32.0. The van der Waals surface area contributed by atoms with Gasteiger partial charge in [0.1, 0.15) is 11.4 Å². The molecule has 1 aromatic carbocycles. The predicted octanol–water partition coefficient (Wildman–Crippen LogP) is 6.05. The molecule has 1 aromatic heterocycles. The van der Waals surface area contributed by atoms with Gasteiger partial charge in [-0.15, -0.1) is 0 Å². The van der Waals surface area contributed by atoms with Crippen LogP contribution in [-0.4, -0.2) is 86.4 Å². The van der Waals surface area contributed by atoms with Gasteiger partial charge in [0.05, 0.1) is 41.5 Å². The highest BCUT2D eigenvalue weighted by molar-refractivity contribution is 7.80. The molecule has 4 heterocycles. The van der Waals surface area contributed by atoms with E-state index in [0.29, 0.717) is 30.3 Å². The fourth-order valence-corrected chi connectivity index (χ4v) is 9.41. The van der Waals surface area contributed by atoms with Crippen LogP contribution >= 0.6 is 12.2 Å². The number of alkyl halides is 3. The number of rotatable bonds is 10. The van der Waals surface area contributed by atoms with Crippen molar-refractivity contribution in [2.45, 2.75) is 127 Å². The van der Waals surface area contributed by atoms with Crippen molar-refractivity contribution in [2.24, 2.45) is 5.92 Å². The Morgan fingerprint density at radius 3 is 2.41 bits per heavy atom. The molecule has 0 bridgehead atoms. The summed E-state index contributed by atoms with van der Waals surface area (Å²) < 4.78 is 47.6. The number of anilines is 2. The maximum Gasteiger partial charge on any atom is 0.417 e. The number of thiocarbonyl (C=S) groups is 1. The number of halogens is 3. The average Bonchev–Trinajstić information content (AvgIpc) is 3.31. The van der Waals surface area contributed by atoms with Crippen molar-refractivity contribution in [3.63, 3.8) is 0 Å². The van der Waals surface area contributed by atoms with Crippen molar-refractivity contribution < 1.29 is 37.1 Å². The predicted molar refractivity (Wildman–Crippen MR) is 205 cm³/mol. The quantitative estimate of drug-likeness (QED) is 0.215. The van der Waals surface area contributed by atoms with E-state index in [-0.39, 0.29) is 65.7 Å². The molecule has 2 N–H and O–H groups in total. The Bertz CT molecular complexity index is 1900. The molecule has 6 rings (SSSR count). The lowest BCUT2D eigenvalue weighted by molar-refractivity contribution is -0.138. The molecule has 300 valence electrons. The van der Waals surface area contributed by atoms with Crippen molar-refractivity contribution in [1.29, 1.82) is 5.26 Å². The maximum absolute atomic E-state index is 13.7. The molecular weight excluding hydrogens is 748 g/mol. The van der Waals surface area contributed by atoms with E-state index in [1.54, 1.807) is 38.2 Å². The summed E-state index contributed by atoms with van der Waals surface area (Å²) in [5.74, 6) is -0.918. The normalized spacial score (nSPS) is 27.2. The van der Waals surface area contributed by atoms with Gasteiger partial charge in [-0.05, 0) is 133 Å². The van der Waals surface area contributed by atoms with Crippen LogP contribution in [0.1, 0.15) is 108 Å². The van der Waals surface area contributed by atoms with Gasteiger partial charge in [-0.25, -0.2) is 4.98 Å². The van der Waals surface area contributed by atoms with E-state index in [1.165, 1.54) is 11.0 Å². The molecule has 12 nitrogen and oxygen atoms in total. The number of imide groups is 1. The van der Waals surface area contributed by atoms with Gasteiger partial charge in [-0.3, -0.25) is 34.3 Å². The summed E-state index contributed by atoms with van der Waals surface area (Å²) in [5, 5.41) is 14.6. The number of likely N-dealkylation sites (tertiary alicyclic amines) is 1. The lowest BCUT2D eigenvalue weighted by Gasteiger charge is -2.42. The number of ether oxygens (including phenoxy) is 1. The number of nitrogens with one attached hydrogen (secondary N) is 2. The van der Waals surface area contributed by atoms with E-state index in [0.717, 1.165) is 57.1 Å². The second-order valence-corrected chi connectivity index (χ2v) is 16.4. The van der Waals surface area contributed by atoms with Crippen molar-refractivity contribution in [1.82, 2.24) is 20.1 Å². The van der Waals surface area contributed by atoms with E-state index in [2.05, 4.69) is 34.4 Å². The van der Waals surface area contributed by atoms with E-state index in [1.807, 2.05) is 4.90 Å². The Hall–Kier alpha value is -4.46. The van der Waals surface area contributed by atoms with Crippen LogP contribution in [0.25, 0.3) is 0 Å². The van der Waals surface area contributed by atoms with Gasteiger partial charge >= 0.3 is 6.18 Å². The Kier molecular flexibility index (Phi) is 12.2. The van der Waals surface area contributed by atoms with Crippen molar-refractivity contribution in [2.75, 3.05) is 23.4 Å². The lowest BCUT2D eigenvalue weighted by atomic mass is 9.82. The van der Waals surface area contributed by atoms with Crippen LogP contribution in [0, 0.1) is 17.2 Å². The summed E-state index contributed by atoms with van der Waals surface area (Å²) in [5.41, 5.74) is -1.97. The molecule has 2 aromatic rings. The van der Waals surface area contributed by atoms with E-state index in [4.69, 9.17) is 17.0 Å². The third-order valence-electron chi connectivity index (χ3n) is 11.8. The number of piperidine rings is 2. The van der Waals surface area contributed by atoms with Crippen LogP contribution in [0.15, 0.2) is 36.5 Å². The van der Waals surface area contributed by atoms with Gasteiger partial charge in [0.15, 0.2) is 5.11 Å². The van der Waals surface area contributed by atoms with Crippen LogP contribution in [-0.2, 0) is 30.1 Å². The number of hydrogen-bond acceptors (Lipinski definition) is 9. The number of carbonyl (C=O) groups excluding carboxylic acids is 4. The van der Waals surface area contributed by atoms with Crippen LogP contribution in [0.2, 0.25) is 0 Å². The summed E-state index contributed by atoms with van der Waals surface area (Å²) in [6, 6.07) is 8.39. The first-order chi connectivity index (χ1) is 26.5.